The van der Waals surface area contributed by atoms with Gasteiger partial charge >= 0.3 is 18.0 Å². The number of thioether (sulfide) groups is 1. The molecule has 0 radical (unpaired) electrons. The van der Waals surface area contributed by atoms with Crippen LogP contribution in [-0.2, 0) is 21.5 Å². The summed E-state index contributed by atoms with van der Waals surface area (Å²) in [4.78, 5) is 23.9. The topological polar surface area (TPSA) is 106 Å². The molecule has 13 heteroatoms. The number of aryl methyl sites for hydroxylation is 1. The molecule has 0 unspecified atom stereocenters. The fraction of sp³-hybridized carbons (Fsp3) is 0.190. The summed E-state index contributed by atoms with van der Waals surface area (Å²) in [5.74, 6) is -1.07. The Labute approximate surface area is 200 Å². The molecule has 178 valence electrons. The van der Waals surface area contributed by atoms with Gasteiger partial charge in [-0.1, -0.05) is 29.2 Å². The number of nitrogens with one attached hydrogen (secondary N) is 2. The van der Waals surface area contributed by atoms with Crippen LogP contribution >= 0.6 is 23.1 Å². The number of carbonyl (C=O) groups excluding carboxylic acids is 2. The highest BCUT2D eigenvalue weighted by atomic mass is 32.2. The molecule has 0 atom stereocenters. The molecule has 8 nitrogen and oxygen atoms in total. The molecule has 1 heterocycles. The molecule has 0 aliphatic rings. The molecule has 0 aliphatic carbocycles. The van der Waals surface area contributed by atoms with Crippen LogP contribution in [0.5, 0.6) is 5.75 Å². The van der Waals surface area contributed by atoms with Crippen LogP contribution in [0.25, 0.3) is 0 Å². The van der Waals surface area contributed by atoms with Crippen LogP contribution in [0, 0.1) is 6.92 Å². The van der Waals surface area contributed by atoms with Crippen molar-refractivity contribution in [3.8, 4) is 5.75 Å². The van der Waals surface area contributed by atoms with E-state index in [2.05, 4.69) is 20.6 Å². The van der Waals surface area contributed by atoms with E-state index in [1.165, 1.54) is 35.4 Å². The maximum atomic E-state index is 12.8. The fourth-order valence-electron chi connectivity index (χ4n) is 2.65. The van der Waals surface area contributed by atoms with Crippen molar-refractivity contribution in [3.63, 3.8) is 0 Å². The Morgan fingerprint density at radius 3 is 2.65 bits per heavy atom. The molecular formula is C21H18F3N5O3S2. The molecule has 0 saturated heterocycles. The van der Waals surface area contributed by atoms with Gasteiger partial charge in [-0.3, -0.25) is 9.59 Å². The molecular weight excluding hydrogens is 491 g/mol. The average Bonchev–Trinajstić information content (AvgIpc) is 3.22. The summed E-state index contributed by atoms with van der Waals surface area (Å²) in [6.45, 7) is 1.87. The number of halogens is 3. The normalized spacial score (nSPS) is 11.4. The van der Waals surface area contributed by atoms with Gasteiger partial charge in [-0.2, -0.15) is 18.3 Å². The number of methoxy groups -OCH3 is 1. The zero-order chi connectivity index (χ0) is 24.7. The first-order valence-electron chi connectivity index (χ1n) is 9.57. The third kappa shape index (κ3) is 7.02. The predicted octanol–water partition coefficient (Wildman–Crippen LogP) is 4.26. The minimum atomic E-state index is -4.57. The largest absolute Gasteiger partial charge is 0.496 e. The van der Waals surface area contributed by atoms with E-state index in [9.17, 15) is 22.8 Å². The van der Waals surface area contributed by atoms with Crippen LogP contribution in [0.3, 0.4) is 0 Å². The summed E-state index contributed by atoms with van der Waals surface area (Å²) >= 11 is 2.98. The van der Waals surface area contributed by atoms with Crippen molar-refractivity contribution in [2.45, 2.75) is 23.2 Å². The lowest BCUT2D eigenvalue weighted by Gasteiger charge is -2.09. The Balaban J connectivity index is 1.59. The monoisotopic (exact) mass is 509 g/mol. The van der Waals surface area contributed by atoms with Gasteiger partial charge in [0.05, 0.1) is 18.9 Å². The third-order valence-corrected chi connectivity index (χ3v) is 6.22. The van der Waals surface area contributed by atoms with Crippen LogP contribution < -0.4 is 15.5 Å². The molecule has 2 aromatic carbocycles. The standard InChI is InChI=1S/C21H18F3N5O3S2/c1-12-27-29-20(34-12)33-11-14-8-13(6-7-17(14)32-2)10-25-28-19(31)18(30)26-16-5-3-4-15(9-16)21(22,23)24/h3-10H,11H2,1-2H3,(H,26,30)(H,28,31)/b25-10+. The van der Waals surface area contributed by atoms with Gasteiger partial charge in [-0.05, 0) is 48.9 Å². The third-order valence-electron chi connectivity index (χ3n) is 4.20. The summed E-state index contributed by atoms with van der Waals surface area (Å²) in [6.07, 6.45) is -3.24. The number of aromatic nitrogens is 2. The van der Waals surface area contributed by atoms with E-state index in [0.29, 0.717) is 17.1 Å². The van der Waals surface area contributed by atoms with Crippen molar-refractivity contribution in [2.24, 2.45) is 5.10 Å². The highest BCUT2D eigenvalue weighted by molar-refractivity contribution is 8.00. The SMILES string of the molecule is COc1ccc(/C=N/NC(=O)C(=O)Nc2cccc(C(F)(F)F)c2)cc1CSc1nnc(C)s1. The van der Waals surface area contributed by atoms with Crippen molar-refractivity contribution >= 4 is 46.8 Å². The quantitative estimate of drug-likeness (QED) is 0.214. The van der Waals surface area contributed by atoms with Gasteiger partial charge in [0.2, 0.25) is 0 Å². The Morgan fingerprint density at radius 1 is 1.18 bits per heavy atom. The van der Waals surface area contributed by atoms with Crippen LogP contribution in [0.1, 0.15) is 21.7 Å². The molecule has 2 amide bonds. The highest BCUT2D eigenvalue weighted by Gasteiger charge is 2.30. The summed E-state index contributed by atoms with van der Waals surface area (Å²) < 4.78 is 44.5. The number of hydrogen-bond donors (Lipinski definition) is 2. The lowest BCUT2D eigenvalue weighted by molar-refractivity contribution is -0.137. The molecule has 0 bridgehead atoms. The molecule has 0 spiro atoms. The lowest BCUT2D eigenvalue weighted by atomic mass is 10.1. The Bertz CT molecular complexity index is 1210. The van der Waals surface area contributed by atoms with E-state index in [4.69, 9.17) is 4.74 Å². The first-order valence-corrected chi connectivity index (χ1v) is 11.4. The van der Waals surface area contributed by atoms with Gasteiger partial charge in [-0.25, -0.2) is 5.43 Å². The molecule has 0 fully saturated rings. The molecule has 34 heavy (non-hydrogen) atoms. The number of hydrogen-bond acceptors (Lipinski definition) is 8. The van der Waals surface area contributed by atoms with Gasteiger partial charge in [0.15, 0.2) is 4.34 Å². The lowest BCUT2D eigenvalue weighted by Crippen LogP contribution is -2.32. The summed E-state index contributed by atoms with van der Waals surface area (Å²) in [5.41, 5.74) is 2.42. The van der Waals surface area contributed by atoms with Gasteiger partial charge < -0.3 is 10.1 Å². The minimum absolute atomic E-state index is 0.165. The van der Waals surface area contributed by atoms with Gasteiger partial charge in [0, 0.05) is 17.0 Å². The molecule has 3 rings (SSSR count). The number of amides is 2. The van der Waals surface area contributed by atoms with Gasteiger partial charge in [-0.15, -0.1) is 10.2 Å². The van der Waals surface area contributed by atoms with E-state index in [1.54, 1.807) is 25.3 Å². The van der Waals surface area contributed by atoms with E-state index in [-0.39, 0.29) is 5.69 Å². The number of carbonyl (C=O) groups is 2. The van der Waals surface area contributed by atoms with Crippen molar-refractivity contribution in [1.82, 2.24) is 15.6 Å². The smallest absolute Gasteiger partial charge is 0.416 e. The van der Waals surface area contributed by atoms with Crippen LogP contribution in [0.2, 0.25) is 0 Å². The predicted molar refractivity (Wildman–Crippen MR) is 123 cm³/mol. The molecule has 2 N–H and O–H groups in total. The number of rotatable bonds is 7. The van der Waals surface area contributed by atoms with Crippen molar-refractivity contribution in [3.05, 3.63) is 64.2 Å². The van der Waals surface area contributed by atoms with Crippen molar-refractivity contribution in [2.75, 3.05) is 12.4 Å². The fourth-order valence-corrected chi connectivity index (χ4v) is 4.44. The zero-order valence-electron chi connectivity index (χ0n) is 17.8. The zero-order valence-corrected chi connectivity index (χ0v) is 19.5. The second kappa shape index (κ2) is 11.1. The molecule has 0 aliphatic heterocycles. The Hall–Kier alpha value is -3.45. The van der Waals surface area contributed by atoms with Gasteiger partial charge in [0.25, 0.3) is 0 Å². The van der Waals surface area contributed by atoms with Crippen LogP contribution in [0.15, 0.2) is 51.9 Å². The Kier molecular flexibility index (Phi) is 8.23. The number of alkyl halides is 3. The van der Waals surface area contributed by atoms with Crippen molar-refractivity contribution in [1.29, 1.82) is 0 Å². The van der Waals surface area contributed by atoms with E-state index in [1.807, 2.05) is 12.3 Å². The number of ether oxygens (including phenoxy) is 1. The van der Waals surface area contributed by atoms with Crippen molar-refractivity contribution < 1.29 is 27.5 Å². The van der Waals surface area contributed by atoms with Crippen LogP contribution in [-0.4, -0.2) is 35.3 Å². The molecule has 0 saturated carbocycles. The van der Waals surface area contributed by atoms with E-state index in [0.717, 1.165) is 33.1 Å². The maximum absolute atomic E-state index is 12.8. The first kappa shape index (κ1) is 25.2. The van der Waals surface area contributed by atoms with Gasteiger partial charge in [0.1, 0.15) is 10.8 Å². The second-order valence-corrected chi connectivity index (χ2v) is 9.08. The second-order valence-electron chi connectivity index (χ2n) is 6.68. The number of hydrazone groups is 1. The number of nitrogens with zero attached hydrogens (tertiary/aromatic N) is 3. The number of anilines is 1. The van der Waals surface area contributed by atoms with Crippen LogP contribution in [0.4, 0.5) is 18.9 Å². The summed E-state index contributed by atoms with van der Waals surface area (Å²) in [7, 11) is 1.55. The average molecular weight is 510 g/mol. The Morgan fingerprint density at radius 2 is 1.97 bits per heavy atom. The summed E-state index contributed by atoms with van der Waals surface area (Å²) in [5, 5.41) is 14.8. The number of benzene rings is 2. The minimum Gasteiger partial charge on any atom is -0.496 e. The highest BCUT2D eigenvalue weighted by Crippen LogP contribution is 2.31. The van der Waals surface area contributed by atoms with E-state index < -0.39 is 23.6 Å². The molecule has 1 aromatic heterocycles. The first-order chi connectivity index (χ1) is 16.2. The summed E-state index contributed by atoms with van der Waals surface area (Å²) in [6, 6.07) is 9.21. The molecule has 3 aromatic rings. The van der Waals surface area contributed by atoms with E-state index >= 15 is 0 Å². The maximum Gasteiger partial charge on any atom is 0.416 e.